The molecule has 4 aromatic rings. The first-order valence-corrected chi connectivity index (χ1v) is 8.27. The summed E-state index contributed by atoms with van der Waals surface area (Å²) in [6.45, 7) is 4.32. The number of rotatable bonds is 0. The number of aromatic nitrogens is 1. The molecule has 0 saturated heterocycles. The van der Waals surface area contributed by atoms with Gasteiger partial charge in [-0.3, -0.25) is 0 Å². The normalized spacial score (nSPS) is 12.3. The maximum Gasteiger partial charge on any atom is 0.228 e. The van der Waals surface area contributed by atoms with E-state index in [1.807, 2.05) is 0 Å². The van der Waals surface area contributed by atoms with Crippen molar-refractivity contribution < 1.29 is 9.30 Å². The molecule has 5 rings (SSSR count). The minimum absolute atomic E-state index is 0.951. The van der Waals surface area contributed by atoms with Crippen molar-refractivity contribution in [1.29, 1.82) is 0 Å². The molecule has 0 amide bonds. The zero-order chi connectivity index (χ0) is 16.4. The van der Waals surface area contributed by atoms with E-state index in [-0.39, 0.29) is 0 Å². The number of pyridine rings is 1. The predicted molar refractivity (Wildman–Crippen MR) is 97.6 cm³/mol. The number of fused-ring (bicyclic) bond motifs is 3. The van der Waals surface area contributed by atoms with Crippen LogP contribution in [0, 0.1) is 13.8 Å². The molecule has 0 radical (unpaired) electrons. The Morgan fingerprint density at radius 3 is 2.58 bits per heavy atom. The summed E-state index contributed by atoms with van der Waals surface area (Å²) in [5.74, 6) is 1.91. The van der Waals surface area contributed by atoms with E-state index in [9.17, 15) is 0 Å². The Morgan fingerprint density at radius 2 is 1.71 bits per heavy atom. The van der Waals surface area contributed by atoms with E-state index in [2.05, 4.69) is 80.2 Å². The highest BCUT2D eigenvalue weighted by atomic mass is 16.5. The van der Waals surface area contributed by atoms with Crippen molar-refractivity contribution in [2.75, 3.05) is 0 Å². The molecule has 0 saturated carbocycles. The Labute approximate surface area is 140 Å². The van der Waals surface area contributed by atoms with Crippen molar-refractivity contribution in [3.05, 3.63) is 65.9 Å². The number of benzene rings is 3. The van der Waals surface area contributed by atoms with Gasteiger partial charge in [-0.05, 0) is 53.3 Å². The topological polar surface area (TPSA) is 13.1 Å². The van der Waals surface area contributed by atoms with Gasteiger partial charge in [0.15, 0.2) is 6.20 Å². The largest absolute Gasteiger partial charge is 0.456 e. The predicted octanol–water partition coefficient (Wildman–Crippen LogP) is 5.21. The van der Waals surface area contributed by atoms with Crippen LogP contribution in [0.3, 0.4) is 0 Å². The molecule has 24 heavy (non-hydrogen) atoms. The summed E-state index contributed by atoms with van der Waals surface area (Å²) in [5, 5.41) is 4.94. The molecule has 0 bridgehead atoms. The molecule has 116 valence electrons. The Kier molecular flexibility index (Phi) is 2.58. The number of aryl methyl sites for hydroxylation is 3. The molecule has 1 aromatic heterocycles. The summed E-state index contributed by atoms with van der Waals surface area (Å²) >= 11 is 0. The van der Waals surface area contributed by atoms with Gasteiger partial charge < -0.3 is 4.74 Å². The fraction of sp³-hybridized carbons (Fsp3) is 0.136. The molecule has 2 nitrogen and oxygen atoms in total. The quantitative estimate of drug-likeness (QED) is 0.358. The maximum atomic E-state index is 6.36. The van der Waals surface area contributed by atoms with E-state index < -0.39 is 0 Å². The van der Waals surface area contributed by atoms with E-state index >= 15 is 0 Å². The molecule has 1 aliphatic heterocycles. The second-order valence-corrected chi connectivity index (χ2v) is 6.70. The molecule has 0 fully saturated rings. The minimum Gasteiger partial charge on any atom is -0.456 e. The minimum atomic E-state index is 0.951. The lowest BCUT2D eigenvalue weighted by Gasteiger charge is -2.22. The van der Waals surface area contributed by atoms with Gasteiger partial charge in [0.1, 0.15) is 18.5 Å². The van der Waals surface area contributed by atoms with Gasteiger partial charge in [-0.15, -0.1) is 0 Å². The first-order valence-electron chi connectivity index (χ1n) is 8.27. The highest BCUT2D eigenvalue weighted by Crippen LogP contribution is 2.48. The number of hydrogen-bond donors (Lipinski definition) is 0. The van der Waals surface area contributed by atoms with Crippen LogP contribution >= 0.6 is 0 Å². The SMILES string of the molecule is Cc1cc2c3c([n+](C)ccc3c1)-c1c(cc3ccccc3c1C)O2. The molecule has 0 atom stereocenters. The van der Waals surface area contributed by atoms with Gasteiger partial charge in [0.05, 0.1) is 10.9 Å². The van der Waals surface area contributed by atoms with Gasteiger partial charge >= 0.3 is 0 Å². The van der Waals surface area contributed by atoms with Gasteiger partial charge in [-0.2, -0.15) is 0 Å². The molecule has 3 aromatic carbocycles. The van der Waals surface area contributed by atoms with E-state index in [1.54, 1.807) is 0 Å². The van der Waals surface area contributed by atoms with Gasteiger partial charge in [0.2, 0.25) is 5.69 Å². The van der Waals surface area contributed by atoms with Crippen LogP contribution < -0.4 is 9.30 Å². The molecule has 0 spiro atoms. The van der Waals surface area contributed by atoms with Crippen molar-refractivity contribution >= 4 is 21.5 Å². The summed E-state index contributed by atoms with van der Waals surface area (Å²) in [7, 11) is 2.11. The van der Waals surface area contributed by atoms with E-state index in [0.717, 1.165) is 11.5 Å². The van der Waals surface area contributed by atoms with Crippen molar-refractivity contribution in [3.63, 3.8) is 0 Å². The zero-order valence-electron chi connectivity index (χ0n) is 14.1. The summed E-state index contributed by atoms with van der Waals surface area (Å²) < 4.78 is 8.57. The highest BCUT2D eigenvalue weighted by Gasteiger charge is 2.30. The maximum absolute atomic E-state index is 6.36. The molecular formula is C22H18NO+. The second-order valence-electron chi connectivity index (χ2n) is 6.70. The zero-order valence-corrected chi connectivity index (χ0v) is 14.1. The molecule has 2 heteroatoms. The lowest BCUT2D eigenvalue weighted by Crippen LogP contribution is -2.31. The molecule has 2 heterocycles. The number of nitrogens with zero attached hydrogens (tertiary/aromatic N) is 1. The third-order valence-electron chi connectivity index (χ3n) is 5.07. The lowest BCUT2D eigenvalue weighted by molar-refractivity contribution is -0.659. The fourth-order valence-electron chi connectivity index (χ4n) is 3.98. The third kappa shape index (κ3) is 1.68. The van der Waals surface area contributed by atoms with Gasteiger partial charge in [0, 0.05) is 6.07 Å². The average Bonchev–Trinajstić information content (AvgIpc) is 2.57. The van der Waals surface area contributed by atoms with Crippen LogP contribution in [0.25, 0.3) is 32.8 Å². The lowest BCUT2D eigenvalue weighted by atomic mass is 9.91. The van der Waals surface area contributed by atoms with Crippen LogP contribution in [0.15, 0.2) is 54.7 Å². The molecule has 1 aliphatic rings. The Bertz CT molecular complexity index is 1160. The van der Waals surface area contributed by atoms with Crippen LogP contribution in [0.5, 0.6) is 11.5 Å². The monoisotopic (exact) mass is 312 g/mol. The molecule has 0 unspecified atom stereocenters. The molecule has 0 aliphatic carbocycles. The Morgan fingerprint density at radius 1 is 0.875 bits per heavy atom. The second kappa shape index (κ2) is 4.57. The Balaban J connectivity index is 2.01. The van der Waals surface area contributed by atoms with Gasteiger partial charge in [0.25, 0.3) is 0 Å². The van der Waals surface area contributed by atoms with Gasteiger partial charge in [-0.1, -0.05) is 30.3 Å². The van der Waals surface area contributed by atoms with Crippen molar-refractivity contribution in [1.82, 2.24) is 0 Å². The van der Waals surface area contributed by atoms with Crippen LogP contribution in [0.4, 0.5) is 0 Å². The van der Waals surface area contributed by atoms with Gasteiger partial charge in [-0.25, -0.2) is 4.57 Å². The standard InChI is InChI=1S/C22H18NO/c1-13-10-16-8-9-23(3)22-20-14(2)17-7-5-4-6-15(17)12-19(20)24-18(11-13)21(16)22/h4-12H,1-3H3/q+1. The van der Waals surface area contributed by atoms with E-state index in [1.165, 1.54) is 43.9 Å². The van der Waals surface area contributed by atoms with Crippen LogP contribution in [-0.2, 0) is 7.05 Å². The number of hydrogen-bond acceptors (Lipinski definition) is 1. The Hall–Kier alpha value is -2.87. The summed E-state index contributed by atoms with van der Waals surface area (Å²) in [6, 6.07) is 17.2. The van der Waals surface area contributed by atoms with Crippen molar-refractivity contribution in [3.8, 4) is 22.8 Å². The first-order chi connectivity index (χ1) is 11.6. The van der Waals surface area contributed by atoms with Crippen LogP contribution in [0.1, 0.15) is 11.1 Å². The van der Waals surface area contributed by atoms with E-state index in [4.69, 9.17) is 4.74 Å². The average molecular weight is 312 g/mol. The summed E-state index contributed by atoms with van der Waals surface area (Å²) in [6.07, 6.45) is 2.14. The smallest absolute Gasteiger partial charge is 0.228 e. The summed E-state index contributed by atoms with van der Waals surface area (Å²) in [5.41, 5.74) is 4.95. The van der Waals surface area contributed by atoms with E-state index in [0.29, 0.717) is 0 Å². The number of ether oxygens (including phenoxy) is 1. The molecular weight excluding hydrogens is 294 g/mol. The fourth-order valence-corrected chi connectivity index (χ4v) is 3.98. The van der Waals surface area contributed by atoms with Crippen LogP contribution in [0.2, 0.25) is 0 Å². The molecule has 0 N–H and O–H groups in total. The highest BCUT2D eigenvalue weighted by molar-refractivity contribution is 6.05. The first kappa shape index (κ1) is 13.6. The van der Waals surface area contributed by atoms with Crippen molar-refractivity contribution in [2.45, 2.75) is 13.8 Å². The van der Waals surface area contributed by atoms with Crippen molar-refractivity contribution in [2.24, 2.45) is 7.05 Å². The summed E-state index contributed by atoms with van der Waals surface area (Å²) in [4.78, 5) is 0. The van der Waals surface area contributed by atoms with Crippen LogP contribution in [-0.4, -0.2) is 0 Å². The third-order valence-corrected chi connectivity index (χ3v) is 5.07.